The van der Waals surface area contributed by atoms with Crippen LogP contribution in [0.3, 0.4) is 0 Å². The fraction of sp³-hybridized carbons (Fsp3) is 0.450. The number of carboxylic acid groups (broad SMARTS) is 1. The molecule has 1 atom stereocenters. The number of hydrazine groups is 1. The number of nitrogens with zero attached hydrogens (tertiary/aromatic N) is 4. The summed E-state index contributed by atoms with van der Waals surface area (Å²) < 4.78 is 0. The molecule has 0 fully saturated rings. The lowest BCUT2D eigenvalue weighted by Crippen LogP contribution is -2.36. The van der Waals surface area contributed by atoms with Crippen molar-refractivity contribution in [1.82, 2.24) is 15.4 Å². The first-order valence-electron chi connectivity index (χ1n) is 9.53. The van der Waals surface area contributed by atoms with Crippen LogP contribution in [0.1, 0.15) is 46.1 Å². The van der Waals surface area contributed by atoms with Crippen molar-refractivity contribution in [3.05, 3.63) is 34.5 Å². The van der Waals surface area contributed by atoms with Crippen LogP contribution < -0.4 is 15.3 Å². The van der Waals surface area contributed by atoms with Crippen molar-refractivity contribution in [2.75, 3.05) is 23.0 Å². The number of carbonyl (C=O) groups is 1. The molecule has 1 unspecified atom stereocenters. The summed E-state index contributed by atoms with van der Waals surface area (Å²) in [5.74, 6) is 0.529. The molecule has 8 heteroatoms. The van der Waals surface area contributed by atoms with Crippen molar-refractivity contribution in [3.8, 4) is 0 Å². The smallest absolute Gasteiger partial charge is 0.334 e. The van der Waals surface area contributed by atoms with Gasteiger partial charge in [-0.05, 0) is 44.4 Å². The Morgan fingerprint density at radius 3 is 2.54 bits per heavy atom. The zero-order valence-electron chi connectivity index (χ0n) is 16.8. The summed E-state index contributed by atoms with van der Waals surface area (Å²) in [6.07, 6.45) is 1.53. The Morgan fingerprint density at radius 2 is 2.00 bits per heavy atom. The van der Waals surface area contributed by atoms with Crippen LogP contribution in [0.15, 0.2) is 23.9 Å². The second-order valence-electron chi connectivity index (χ2n) is 7.18. The summed E-state index contributed by atoms with van der Waals surface area (Å²) in [7, 11) is 0. The molecule has 0 radical (unpaired) electrons. The van der Waals surface area contributed by atoms with Gasteiger partial charge in [0.2, 0.25) is 5.95 Å². The van der Waals surface area contributed by atoms with E-state index in [4.69, 9.17) is 16.6 Å². The Balaban J connectivity index is 2.21. The molecule has 0 saturated carbocycles. The average Bonchev–Trinajstić information content (AvgIpc) is 3.03. The van der Waals surface area contributed by atoms with E-state index < -0.39 is 5.97 Å². The minimum Gasteiger partial charge on any atom is -0.478 e. The number of halogens is 1. The van der Waals surface area contributed by atoms with E-state index in [9.17, 15) is 9.90 Å². The van der Waals surface area contributed by atoms with Crippen molar-refractivity contribution in [2.45, 2.75) is 46.6 Å². The molecule has 0 amide bonds. The second kappa shape index (κ2) is 7.93. The van der Waals surface area contributed by atoms with Gasteiger partial charge < -0.3 is 10.0 Å². The van der Waals surface area contributed by atoms with E-state index in [1.807, 2.05) is 6.07 Å². The van der Waals surface area contributed by atoms with Crippen molar-refractivity contribution in [1.29, 1.82) is 0 Å². The van der Waals surface area contributed by atoms with Gasteiger partial charge in [-0.25, -0.2) is 20.2 Å². The number of anilines is 2. The normalized spacial score (nSPS) is 16.8. The van der Waals surface area contributed by atoms with Crippen molar-refractivity contribution >= 4 is 40.2 Å². The zero-order valence-corrected chi connectivity index (χ0v) is 17.6. The van der Waals surface area contributed by atoms with Crippen molar-refractivity contribution in [2.24, 2.45) is 0 Å². The van der Waals surface area contributed by atoms with Gasteiger partial charge in [-0.3, -0.25) is 0 Å². The lowest BCUT2D eigenvalue weighted by atomic mass is 10.0. The van der Waals surface area contributed by atoms with Crippen LogP contribution in [-0.2, 0) is 4.79 Å². The van der Waals surface area contributed by atoms with Gasteiger partial charge in [0.15, 0.2) is 0 Å². The average molecular weight is 404 g/mol. The third-order valence-corrected chi connectivity index (χ3v) is 5.32. The Bertz CT molecular complexity index is 940. The molecule has 1 aromatic carbocycles. The molecule has 2 heterocycles. The minimum atomic E-state index is -0.961. The Kier molecular flexibility index (Phi) is 5.76. The van der Waals surface area contributed by atoms with Gasteiger partial charge in [0.05, 0.1) is 17.1 Å². The first-order chi connectivity index (χ1) is 13.3. The number of carboxylic acids is 1. The lowest BCUT2D eigenvalue weighted by molar-refractivity contribution is -0.132. The van der Waals surface area contributed by atoms with Crippen LogP contribution in [0.5, 0.6) is 0 Å². The monoisotopic (exact) mass is 403 g/mol. The van der Waals surface area contributed by atoms with Crippen LogP contribution in [0.4, 0.5) is 11.8 Å². The molecule has 2 N–H and O–H groups in total. The number of nitrogens with one attached hydrogen (secondary N) is 1. The molecular formula is C20H26ClN5O2. The zero-order chi connectivity index (χ0) is 20.6. The van der Waals surface area contributed by atoms with Crippen LogP contribution in [0.2, 0.25) is 5.02 Å². The number of rotatable bonds is 6. The fourth-order valence-electron chi connectivity index (χ4n) is 3.38. The standard InChI is InChI=1S/C20H26ClN5O2/c1-6-25(7-2)18-14-8-13(11(3)4)16(21)9-17(14)22-20(23-18)26-10-15(19(27)28)12(5)24-26/h8-12,24H,6-7H2,1-5H3,(H,27,28). The van der Waals surface area contributed by atoms with Crippen LogP contribution >= 0.6 is 11.6 Å². The quantitative estimate of drug-likeness (QED) is 0.756. The molecule has 0 aliphatic carbocycles. The Hall–Kier alpha value is -2.38. The Morgan fingerprint density at radius 1 is 1.32 bits per heavy atom. The molecule has 2 aromatic rings. The number of hydrogen-bond donors (Lipinski definition) is 2. The van der Waals surface area contributed by atoms with E-state index in [0.29, 0.717) is 11.0 Å². The van der Waals surface area contributed by atoms with Crippen molar-refractivity contribution < 1.29 is 9.90 Å². The Labute approximate surface area is 170 Å². The molecule has 1 aliphatic heterocycles. The minimum absolute atomic E-state index is 0.265. The highest BCUT2D eigenvalue weighted by atomic mass is 35.5. The summed E-state index contributed by atoms with van der Waals surface area (Å²) in [5.41, 5.74) is 5.15. The first kappa shape index (κ1) is 20.4. The van der Waals surface area contributed by atoms with E-state index in [1.54, 1.807) is 11.9 Å². The van der Waals surface area contributed by atoms with Gasteiger partial charge in [-0.1, -0.05) is 25.4 Å². The highest BCUT2D eigenvalue weighted by molar-refractivity contribution is 6.32. The van der Waals surface area contributed by atoms with Gasteiger partial charge in [-0.2, -0.15) is 4.98 Å². The van der Waals surface area contributed by atoms with E-state index >= 15 is 0 Å². The second-order valence-corrected chi connectivity index (χ2v) is 7.58. The molecule has 150 valence electrons. The SMILES string of the molecule is CCN(CC)c1nc(N2C=C(C(=O)O)C(C)N2)nc2cc(Cl)c(C(C)C)cc12. The van der Waals surface area contributed by atoms with E-state index in [1.165, 1.54) is 6.20 Å². The molecule has 3 rings (SSSR count). The number of fused-ring (bicyclic) bond motifs is 1. The van der Waals surface area contributed by atoms with Gasteiger partial charge in [-0.15, -0.1) is 0 Å². The van der Waals surface area contributed by atoms with Gasteiger partial charge in [0.25, 0.3) is 0 Å². The van der Waals surface area contributed by atoms with E-state index in [2.05, 4.69) is 49.1 Å². The molecule has 28 heavy (non-hydrogen) atoms. The maximum atomic E-state index is 11.4. The van der Waals surface area contributed by atoms with Crippen LogP contribution in [-0.4, -0.2) is 40.2 Å². The molecule has 0 bridgehead atoms. The highest BCUT2D eigenvalue weighted by Gasteiger charge is 2.28. The topological polar surface area (TPSA) is 81.6 Å². The number of benzene rings is 1. The lowest BCUT2D eigenvalue weighted by Gasteiger charge is -2.25. The molecule has 7 nitrogen and oxygen atoms in total. The summed E-state index contributed by atoms with van der Waals surface area (Å²) in [6, 6.07) is 3.60. The fourth-order valence-corrected chi connectivity index (χ4v) is 3.75. The summed E-state index contributed by atoms with van der Waals surface area (Å²) in [4.78, 5) is 23.0. The van der Waals surface area contributed by atoms with Crippen LogP contribution in [0.25, 0.3) is 10.9 Å². The molecule has 1 aromatic heterocycles. The maximum absolute atomic E-state index is 11.4. The number of aromatic nitrogens is 2. The van der Waals surface area contributed by atoms with Crippen LogP contribution in [0, 0.1) is 0 Å². The van der Waals surface area contributed by atoms with Crippen molar-refractivity contribution in [3.63, 3.8) is 0 Å². The third kappa shape index (κ3) is 3.64. The summed E-state index contributed by atoms with van der Waals surface area (Å²) in [5, 5.41) is 12.5. The highest BCUT2D eigenvalue weighted by Crippen LogP contribution is 2.34. The van der Waals surface area contributed by atoms with E-state index in [-0.39, 0.29) is 17.5 Å². The molecule has 1 aliphatic rings. The predicted molar refractivity (Wildman–Crippen MR) is 113 cm³/mol. The first-order valence-corrected chi connectivity index (χ1v) is 9.91. The summed E-state index contributed by atoms with van der Waals surface area (Å²) >= 11 is 6.50. The molecular weight excluding hydrogens is 378 g/mol. The van der Waals surface area contributed by atoms with Gasteiger partial charge in [0, 0.05) is 29.7 Å². The molecule has 0 saturated heterocycles. The number of hydrogen-bond acceptors (Lipinski definition) is 6. The van der Waals surface area contributed by atoms with E-state index in [0.717, 1.165) is 35.4 Å². The largest absolute Gasteiger partial charge is 0.478 e. The molecule has 0 spiro atoms. The maximum Gasteiger partial charge on any atom is 0.334 e. The number of aliphatic carboxylic acids is 1. The predicted octanol–water partition coefficient (Wildman–Crippen LogP) is 3.93. The summed E-state index contributed by atoms with van der Waals surface area (Å²) in [6.45, 7) is 11.7. The van der Waals surface area contributed by atoms with Gasteiger partial charge >= 0.3 is 5.97 Å². The third-order valence-electron chi connectivity index (χ3n) is 5.00. The van der Waals surface area contributed by atoms with Gasteiger partial charge in [0.1, 0.15) is 5.82 Å².